The standard InChI is InChI=1S/C11H15F2NOS/c1-8(14)4-5-16(15)7-9-2-3-10(12)11(13)6-9/h2-3,6,8H,4-5,7,14H2,1H3. The second kappa shape index (κ2) is 6.06. The van der Waals surface area contributed by atoms with E-state index in [-0.39, 0.29) is 11.8 Å². The molecule has 1 aromatic rings. The summed E-state index contributed by atoms with van der Waals surface area (Å²) < 4.78 is 37.0. The molecule has 1 rings (SSSR count). The molecule has 0 aliphatic carbocycles. The zero-order valence-electron chi connectivity index (χ0n) is 9.08. The van der Waals surface area contributed by atoms with Crippen LogP contribution in [0.2, 0.25) is 0 Å². The van der Waals surface area contributed by atoms with Crippen LogP contribution >= 0.6 is 0 Å². The van der Waals surface area contributed by atoms with Crippen LogP contribution in [0.4, 0.5) is 8.78 Å². The molecule has 2 unspecified atom stereocenters. The third-order valence-electron chi connectivity index (χ3n) is 2.11. The summed E-state index contributed by atoms with van der Waals surface area (Å²) in [6.45, 7) is 1.84. The predicted octanol–water partition coefficient (Wildman–Crippen LogP) is 1.95. The van der Waals surface area contributed by atoms with E-state index >= 15 is 0 Å². The van der Waals surface area contributed by atoms with Gasteiger partial charge in [-0.2, -0.15) is 0 Å². The Morgan fingerprint density at radius 3 is 2.62 bits per heavy atom. The molecule has 0 amide bonds. The van der Waals surface area contributed by atoms with E-state index in [1.54, 1.807) is 0 Å². The van der Waals surface area contributed by atoms with E-state index in [9.17, 15) is 13.0 Å². The maximum atomic E-state index is 12.8. The molecule has 0 aromatic heterocycles. The molecule has 16 heavy (non-hydrogen) atoms. The summed E-state index contributed by atoms with van der Waals surface area (Å²) >= 11 is 0. The highest BCUT2D eigenvalue weighted by molar-refractivity contribution is 7.84. The van der Waals surface area contributed by atoms with E-state index in [1.807, 2.05) is 6.92 Å². The lowest BCUT2D eigenvalue weighted by Crippen LogP contribution is -2.18. The topological polar surface area (TPSA) is 43.1 Å². The van der Waals surface area contributed by atoms with Gasteiger partial charge in [-0.15, -0.1) is 0 Å². The Kier molecular flexibility index (Phi) is 5.02. The Morgan fingerprint density at radius 1 is 1.38 bits per heavy atom. The highest BCUT2D eigenvalue weighted by Gasteiger charge is 2.07. The molecule has 1 aromatic carbocycles. The molecular weight excluding hydrogens is 232 g/mol. The van der Waals surface area contributed by atoms with Crippen LogP contribution < -0.4 is 5.73 Å². The minimum Gasteiger partial charge on any atom is -0.328 e. The van der Waals surface area contributed by atoms with Crippen molar-refractivity contribution in [1.82, 2.24) is 0 Å². The van der Waals surface area contributed by atoms with E-state index in [0.717, 1.165) is 12.1 Å². The van der Waals surface area contributed by atoms with E-state index < -0.39 is 22.4 Å². The summed E-state index contributed by atoms with van der Waals surface area (Å²) in [5, 5.41) is 0. The maximum absolute atomic E-state index is 12.8. The third kappa shape index (κ3) is 4.37. The molecular formula is C11H15F2NOS. The van der Waals surface area contributed by atoms with Gasteiger partial charge in [0.15, 0.2) is 11.6 Å². The molecule has 0 fully saturated rings. The monoisotopic (exact) mass is 247 g/mol. The van der Waals surface area contributed by atoms with E-state index in [1.165, 1.54) is 6.07 Å². The summed E-state index contributed by atoms with van der Waals surface area (Å²) in [5.41, 5.74) is 6.08. The lowest BCUT2D eigenvalue weighted by Gasteiger charge is -2.05. The van der Waals surface area contributed by atoms with Crippen molar-refractivity contribution >= 4 is 10.8 Å². The summed E-state index contributed by atoms with van der Waals surface area (Å²) in [4.78, 5) is 0. The minimum absolute atomic E-state index is 0.00824. The quantitative estimate of drug-likeness (QED) is 0.864. The van der Waals surface area contributed by atoms with Crippen LogP contribution in [0.25, 0.3) is 0 Å². The van der Waals surface area contributed by atoms with Crippen molar-refractivity contribution in [1.29, 1.82) is 0 Å². The van der Waals surface area contributed by atoms with Gasteiger partial charge in [0.05, 0.1) is 0 Å². The first-order valence-electron chi connectivity index (χ1n) is 5.03. The number of rotatable bonds is 5. The van der Waals surface area contributed by atoms with Crippen molar-refractivity contribution < 1.29 is 13.0 Å². The number of halogens is 2. The Morgan fingerprint density at radius 2 is 2.06 bits per heavy atom. The van der Waals surface area contributed by atoms with Crippen molar-refractivity contribution in [2.24, 2.45) is 5.73 Å². The number of benzene rings is 1. The summed E-state index contributed by atoms with van der Waals surface area (Å²) in [6.07, 6.45) is 0.663. The second-order valence-electron chi connectivity index (χ2n) is 3.80. The van der Waals surface area contributed by atoms with Gasteiger partial charge in [0.2, 0.25) is 0 Å². The van der Waals surface area contributed by atoms with Crippen molar-refractivity contribution in [2.75, 3.05) is 5.75 Å². The molecule has 0 spiro atoms. The first kappa shape index (κ1) is 13.3. The van der Waals surface area contributed by atoms with Gasteiger partial charge >= 0.3 is 0 Å². The summed E-state index contributed by atoms with van der Waals surface area (Å²) in [7, 11) is -1.08. The lowest BCUT2D eigenvalue weighted by molar-refractivity contribution is 0.507. The lowest BCUT2D eigenvalue weighted by atomic mass is 10.2. The van der Waals surface area contributed by atoms with Gasteiger partial charge in [-0.05, 0) is 31.0 Å². The van der Waals surface area contributed by atoms with Gasteiger partial charge in [0, 0.05) is 28.3 Å². The number of hydrogen-bond donors (Lipinski definition) is 1. The normalized spacial score (nSPS) is 14.8. The van der Waals surface area contributed by atoms with Crippen molar-refractivity contribution in [3.63, 3.8) is 0 Å². The van der Waals surface area contributed by atoms with Gasteiger partial charge in [-0.25, -0.2) is 8.78 Å². The molecule has 0 bridgehead atoms. The molecule has 0 radical (unpaired) electrons. The highest BCUT2D eigenvalue weighted by atomic mass is 32.2. The third-order valence-corrected chi connectivity index (χ3v) is 3.46. The highest BCUT2D eigenvalue weighted by Crippen LogP contribution is 2.11. The maximum Gasteiger partial charge on any atom is 0.159 e. The number of hydrogen-bond acceptors (Lipinski definition) is 2. The fraction of sp³-hybridized carbons (Fsp3) is 0.455. The van der Waals surface area contributed by atoms with Gasteiger partial charge in [-0.1, -0.05) is 6.07 Å². The van der Waals surface area contributed by atoms with Gasteiger partial charge < -0.3 is 5.73 Å². The number of nitrogens with two attached hydrogens (primary N) is 1. The molecule has 2 N–H and O–H groups in total. The zero-order valence-corrected chi connectivity index (χ0v) is 9.90. The van der Waals surface area contributed by atoms with Crippen molar-refractivity contribution in [2.45, 2.75) is 25.1 Å². The van der Waals surface area contributed by atoms with Crippen LogP contribution in [0.15, 0.2) is 18.2 Å². The SMILES string of the molecule is CC(N)CCS(=O)Cc1ccc(F)c(F)c1. The van der Waals surface area contributed by atoms with Crippen LogP contribution in [-0.2, 0) is 16.6 Å². The fourth-order valence-corrected chi connectivity index (χ4v) is 2.54. The largest absolute Gasteiger partial charge is 0.328 e. The van der Waals surface area contributed by atoms with E-state index in [2.05, 4.69) is 0 Å². The molecule has 2 nitrogen and oxygen atoms in total. The van der Waals surface area contributed by atoms with E-state index in [4.69, 9.17) is 5.73 Å². The Balaban J connectivity index is 2.53. The molecule has 0 saturated heterocycles. The molecule has 0 heterocycles. The first-order valence-corrected chi connectivity index (χ1v) is 6.52. The Hall–Kier alpha value is -0.810. The zero-order chi connectivity index (χ0) is 12.1. The van der Waals surface area contributed by atoms with Gasteiger partial charge in [-0.3, -0.25) is 4.21 Å². The first-order chi connectivity index (χ1) is 7.49. The minimum atomic E-state index is -1.08. The average molecular weight is 247 g/mol. The molecule has 0 saturated carbocycles. The molecule has 5 heteroatoms. The Bertz CT molecular complexity index is 382. The fourth-order valence-electron chi connectivity index (χ4n) is 1.20. The van der Waals surface area contributed by atoms with Crippen LogP contribution in [0.5, 0.6) is 0 Å². The predicted molar refractivity (Wildman–Crippen MR) is 61.3 cm³/mol. The van der Waals surface area contributed by atoms with Crippen LogP contribution in [0, 0.1) is 11.6 Å². The van der Waals surface area contributed by atoms with Crippen molar-refractivity contribution in [3.8, 4) is 0 Å². The van der Waals surface area contributed by atoms with Crippen molar-refractivity contribution in [3.05, 3.63) is 35.4 Å². The van der Waals surface area contributed by atoms with Crippen LogP contribution in [0.1, 0.15) is 18.9 Å². The smallest absolute Gasteiger partial charge is 0.159 e. The molecule has 0 aliphatic heterocycles. The second-order valence-corrected chi connectivity index (χ2v) is 5.38. The molecule has 2 atom stereocenters. The average Bonchev–Trinajstić information content (AvgIpc) is 2.21. The Labute approximate surface area is 96.3 Å². The van der Waals surface area contributed by atoms with Gasteiger partial charge in [0.1, 0.15) is 0 Å². The molecule has 90 valence electrons. The summed E-state index contributed by atoms with van der Waals surface area (Å²) in [5.74, 6) is -1.06. The van der Waals surface area contributed by atoms with Crippen LogP contribution in [0.3, 0.4) is 0 Å². The van der Waals surface area contributed by atoms with Gasteiger partial charge in [0.25, 0.3) is 0 Å². The van der Waals surface area contributed by atoms with Crippen LogP contribution in [-0.4, -0.2) is 16.0 Å². The molecule has 0 aliphatic rings. The summed E-state index contributed by atoms with van der Waals surface area (Å²) in [6, 6.07) is 3.59. The van der Waals surface area contributed by atoms with E-state index in [0.29, 0.717) is 17.7 Å².